The highest BCUT2D eigenvalue weighted by molar-refractivity contribution is 5.55. The molecule has 5 nitrogen and oxygen atoms in total. The largest absolute Gasteiger partial charge is 0.344 e. The molecular weight excluding hydrogens is 254 g/mol. The van der Waals surface area contributed by atoms with E-state index in [2.05, 4.69) is 15.3 Å². The molecule has 0 aliphatic carbocycles. The Labute approximate surface area is 110 Å². The summed E-state index contributed by atoms with van der Waals surface area (Å²) in [6, 6.07) is 0. The van der Waals surface area contributed by atoms with Gasteiger partial charge in [0.2, 0.25) is 0 Å². The lowest BCUT2D eigenvalue weighted by Gasteiger charge is -2.32. The molecule has 0 saturated carbocycles. The molecule has 0 amide bonds. The van der Waals surface area contributed by atoms with Crippen LogP contribution >= 0.6 is 0 Å². The maximum atomic E-state index is 13.9. The first-order valence-electron chi connectivity index (χ1n) is 5.89. The molecule has 1 saturated heterocycles. The van der Waals surface area contributed by atoms with Gasteiger partial charge in [0.05, 0.1) is 18.2 Å². The molecule has 1 aromatic heterocycles. The molecule has 19 heavy (non-hydrogen) atoms. The average molecular weight is 272 g/mol. The summed E-state index contributed by atoms with van der Waals surface area (Å²) >= 11 is 0. The number of halogens is 2. The third-order valence-electron chi connectivity index (χ3n) is 3.13. The van der Waals surface area contributed by atoms with Crippen molar-refractivity contribution in [2.45, 2.75) is 31.6 Å². The van der Waals surface area contributed by atoms with Gasteiger partial charge in [0, 0.05) is 12.6 Å². The van der Waals surface area contributed by atoms with Gasteiger partial charge in [0.15, 0.2) is 0 Å². The molecule has 4 N–H and O–H groups in total. The van der Waals surface area contributed by atoms with Crippen molar-refractivity contribution in [2.24, 2.45) is 0 Å². The van der Waals surface area contributed by atoms with Gasteiger partial charge < -0.3 is 16.3 Å². The minimum absolute atomic E-state index is 0. The Morgan fingerprint density at radius 1 is 1.58 bits per heavy atom. The molecule has 2 rings (SSSR count). The van der Waals surface area contributed by atoms with Crippen LogP contribution in [0.25, 0.3) is 0 Å². The minimum Gasteiger partial charge on any atom is -0.344 e. The average Bonchev–Trinajstić information content (AvgIpc) is 2.31. The van der Waals surface area contributed by atoms with Crippen LogP contribution in [0, 0.1) is 6.92 Å². The molecule has 0 aromatic carbocycles. The quantitative estimate of drug-likeness (QED) is 0.812. The molecule has 1 aliphatic heterocycles. The summed E-state index contributed by atoms with van der Waals surface area (Å²) in [5, 5.41) is 2.68. The normalized spacial score (nSPS) is 21.5. The van der Waals surface area contributed by atoms with E-state index < -0.39 is 11.8 Å². The third kappa shape index (κ3) is 3.30. The molecule has 0 spiro atoms. The number of piperidine rings is 1. The van der Waals surface area contributed by atoms with Crippen molar-refractivity contribution in [1.82, 2.24) is 21.4 Å². The molecule has 2 heterocycles. The molecule has 0 bridgehead atoms. The maximum absolute atomic E-state index is 13.9. The van der Waals surface area contributed by atoms with Crippen LogP contribution in [0.1, 0.15) is 29.4 Å². The first-order chi connectivity index (χ1) is 8.54. The topological polar surface area (TPSA) is 89.9 Å². The minimum atomic E-state index is -2.84. The van der Waals surface area contributed by atoms with Crippen LogP contribution in [0.2, 0.25) is 0 Å². The fraction of sp³-hybridized carbons (Fsp3) is 0.583. The number of aldehydes is 1. The second-order valence-corrected chi connectivity index (χ2v) is 4.48. The van der Waals surface area contributed by atoms with Crippen molar-refractivity contribution in [2.75, 3.05) is 13.1 Å². The summed E-state index contributed by atoms with van der Waals surface area (Å²) < 4.78 is 27.8. The smallest absolute Gasteiger partial charge is 0.268 e. The molecule has 0 radical (unpaired) electrons. The number of alkyl halides is 2. The van der Waals surface area contributed by atoms with Gasteiger partial charge in [0.25, 0.3) is 5.92 Å². The molecule has 1 aliphatic rings. The highest BCUT2D eigenvalue weighted by Crippen LogP contribution is 2.38. The Hall–Kier alpha value is -1.47. The second kappa shape index (κ2) is 6.12. The molecular formula is C12H18F2N4O. The van der Waals surface area contributed by atoms with E-state index >= 15 is 0 Å². The van der Waals surface area contributed by atoms with E-state index in [0.717, 1.165) is 0 Å². The van der Waals surface area contributed by atoms with Gasteiger partial charge in [-0.25, -0.2) is 18.7 Å². The van der Waals surface area contributed by atoms with Crippen LogP contribution in [0.3, 0.4) is 0 Å². The van der Waals surface area contributed by atoms with Crippen LogP contribution in [-0.4, -0.2) is 35.3 Å². The Morgan fingerprint density at radius 2 is 2.32 bits per heavy atom. The Balaban J connectivity index is 0.00000180. The fourth-order valence-corrected chi connectivity index (χ4v) is 2.23. The first kappa shape index (κ1) is 15.6. The molecule has 1 aromatic rings. The Bertz CT molecular complexity index is 453. The standard InChI is InChI=1S/C12H15F2N3O.H3N/c1-8-16-6-9(3-5-18)11(17-8)10-2-4-15-7-12(10,13)14;/h5-6,10,15H,2-4,7H2,1H3;1H3. The van der Waals surface area contributed by atoms with Crippen molar-refractivity contribution >= 4 is 6.29 Å². The van der Waals surface area contributed by atoms with Crippen LogP contribution in [0.5, 0.6) is 0 Å². The van der Waals surface area contributed by atoms with Crippen LogP contribution in [-0.2, 0) is 11.2 Å². The number of nitrogens with zero attached hydrogens (tertiary/aromatic N) is 2. The van der Waals surface area contributed by atoms with Crippen molar-refractivity contribution in [3.05, 3.63) is 23.3 Å². The molecule has 106 valence electrons. The highest BCUT2D eigenvalue weighted by atomic mass is 19.3. The summed E-state index contributed by atoms with van der Waals surface area (Å²) in [5.41, 5.74) is 0.822. The van der Waals surface area contributed by atoms with Gasteiger partial charge in [0.1, 0.15) is 12.1 Å². The summed E-state index contributed by atoms with van der Waals surface area (Å²) in [6.07, 6.45) is 2.56. The van der Waals surface area contributed by atoms with Gasteiger partial charge >= 0.3 is 0 Å². The van der Waals surface area contributed by atoms with Crippen LogP contribution < -0.4 is 11.5 Å². The number of nitrogens with one attached hydrogen (secondary N) is 1. The van der Waals surface area contributed by atoms with Crippen LogP contribution in [0.4, 0.5) is 8.78 Å². The monoisotopic (exact) mass is 272 g/mol. The number of rotatable bonds is 3. The number of aromatic nitrogens is 2. The van der Waals surface area contributed by atoms with Crippen LogP contribution in [0.15, 0.2) is 6.20 Å². The number of aryl methyl sites for hydroxylation is 1. The van der Waals surface area contributed by atoms with Crippen molar-refractivity contribution < 1.29 is 13.6 Å². The summed E-state index contributed by atoms with van der Waals surface area (Å²) in [5.74, 6) is -3.32. The number of hydrogen-bond acceptors (Lipinski definition) is 5. The van der Waals surface area contributed by atoms with Gasteiger partial charge in [-0.2, -0.15) is 0 Å². The zero-order chi connectivity index (χ0) is 13.2. The Kier molecular flexibility index (Phi) is 5.02. The zero-order valence-corrected chi connectivity index (χ0v) is 10.8. The molecule has 1 unspecified atom stereocenters. The molecule has 7 heteroatoms. The van der Waals surface area contributed by atoms with Crippen molar-refractivity contribution in [1.29, 1.82) is 0 Å². The second-order valence-electron chi connectivity index (χ2n) is 4.48. The van der Waals surface area contributed by atoms with Gasteiger partial charge in [-0.3, -0.25) is 0 Å². The zero-order valence-electron chi connectivity index (χ0n) is 10.8. The fourth-order valence-electron chi connectivity index (χ4n) is 2.23. The van der Waals surface area contributed by atoms with E-state index in [0.29, 0.717) is 36.3 Å². The number of hydrogen-bond donors (Lipinski definition) is 2. The molecule has 1 fully saturated rings. The lowest BCUT2D eigenvalue weighted by atomic mass is 9.88. The van der Waals surface area contributed by atoms with E-state index in [4.69, 9.17) is 0 Å². The SMILES string of the molecule is Cc1ncc(CC=O)c(C2CCNCC2(F)F)n1.N. The summed E-state index contributed by atoms with van der Waals surface area (Å²) in [7, 11) is 0. The lowest BCUT2D eigenvalue weighted by molar-refractivity contribution is -0.107. The van der Waals surface area contributed by atoms with Gasteiger partial charge in [-0.05, 0) is 25.5 Å². The Morgan fingerprint density at radius 3 is 2.95 bits per heavy atom. The third-order valence-corrected chi connectivity index (χ3v) is 3.13. The van der Waals surface area contributed by atoms with Crippen molar-refractivity contribution in [3.8, 4) is 0 Å². The predicted molar refractivity (Wildman–Crippen MR) is 66.7 cm³/mol. The van der Waals surface area contributed by atoms with Gasteiger partial charge in [-0.15, -0.1) is 0 Å². The highest BCUT2D eigenvalue weighted by Gasteiger charge is 2.44. The lowest BCUT2D eigenvalue weighted by Crippen LogP contribution is -2.45. The number of carbonyl (C=O) groups excluding carboxylic acids is 1. The van der Waals surface area contributed by atoms with E-state index in [1.54, 1.807) is 6.92 Å². The van der Waals surface area contributed by atoms with E-state index in [1.165, 1.54) is 6.20 Å². The maximum Gasteiger partial charge on any atom is 0.268 e. The molecule has 1 atom stereocenters. The predicted octanol–water partition coefficient (Wildman–Crippen LogP) is 1.40. The number of carbonyl (C=O) groups is 1. The van der Waals surface area contributed by atoms with E-state index in [9.17, 15) is 13.6 Å². The van der Waals surface area contributed by atoms with E-state index in [-0.39, 0.29) is 19.1 Å². The van der Waals surface area contributed by atoms with Gasteiger partial charge in [-0.1, -0.05) is 0 Å². The van der Waals surface area contributed by atoms with Crippen molar-refractivity contribution in [3.63, 3.8) is 0 Å². The summed E-state index contributed by atoms with van der Waals surface area (Å²) in [6.45, 7) is 1.85. The first-order valence-corrected chi connectivity index (χ1v) is 5.89. The summed E-state index contributed by atoms with van der Waals surface area (Å²) in [4.78, 5) is 18.7. The van der Waals surface area contributed by atoms with E-state index in [1.807, 2.05) is 0 Å².